The molecule has 0 saturated carbocycles. The number of nitrogens with zero attached hydrogens (tertiary/aromatic N) is 1. The van der Waals surface area contributed by atoms with Gasteiger partial charge < -0.3 is 4.90 Å². The van der Waals surface area contributed by atoms with Crippen LogP contribution >= 0.6 is 11.3 Å². The second-order valence-corrected chi connectivity index (χ2v) is 5.16. The van der Waals surface area contributed by atoms with Gasteiger partial charge in [0.25, 0.3) is 0 Å². The van der Waals surface area contributed by atoms with Crippen LogP contribution in [0.25, 0.3) is 10.1 Å². The zero-order valence-corrected chi connectivity index (χ0v) is 10.9. The standard InChI is InChI=1S/C14H19NS/c1-3-4-7-10-15(2)13-11-16-14-9-6-5-8-12(13)14/h5-6,8-9,11H,3-4,7,10H2,1-2H3. The SMILES string of the molecule is CCCCCN(C)c1csc2ccccc12. The van der Waals surface area contributed by atoms with E-state index in [0.29, 0.717) is 0 Å². The van der Waals surface area contributed by atoms with Crippen LogP contribution in [0, 0.1) is 0 Å². The Morgan fingerprint density at radius 1 is 1.19 bits per heavy atom. The Morgan fingerprint density at radius 3 is 2.81 bits per heavy atom. The fourth-order valence-electron chi connectivity index (χ4n) is 1.98. The Kier molecular flexibility index (Phi) is 3.83. The van der Waals surface area contributed by atoms with Crippen LogP contribution in [0.5, 0.6) is 0 Å². The molecule has 0 aliphatic carbocycles. The minimum Gasteiger partial charge on any atom is -0.373 e. The number of anilines is 1. The third-order valence-electron chi connectivity index (χ3n) is 2.97. The summed E-state index contributed by atoms with van der Waals surface area (Å²) < 4.78 is 1.39. The van der Waals surface area contributed by atoms with E-state index < -0.39 is 0 Å². The summed E-state index contributed by atoms with van der Waals surface area (Å²) in [7, 11) is 2.20. The van der Waals surface area contributed by atoms with Crippen LogP contribution in [0.15, 0.2) is 29.6 Å². The summed E-state index contributed by atoms with van der Waals surface area (Å²) in [5.74, 6) is 0. The van der Waals surface area contributed by atoms with E-state index in [0.717, 1.165) is 6.54 Å². The van der Waals surface area contributed by atoms with Crippen LogP contribution in [0.3, 0.4) is 0 Å². The molecular formula is C14H19NS. The highest BCUT2D eigenvalue weighted by atomic mass is 32.1. The van der Waals surface area contributed by atoms with Crippen LogP contribution in [-0.2, 0) is 0 Å². The van der Waals surface area contributed by atoms with Crippen molar-refractivity contribution in [3.63, 3.8) is 0 Å². The molecule has 1 aromatic heterocycles. The lowest BCUT2D eigenvalue weighted by Crippen LogP contribution is -2.17. The van der Waals surface area contributed by atoms with Crippen molar-refractivity contribution >= 4 is 27.1 Å². The molecule has 0 aliphatic rings. The third-order valence-corrected chi connectivity index (χ3v) is 3.92. The molecule has 0 saturated heterocycles. The van der Waals surface area contributed by atoms with E-state index in [-0.39, 0.29) is 0 Å². The minimum atomic E-state index is 1.16. The maximum atomic E-state index is 2.38. The molecule has 1 heterocycles. The number of fused-ring (bicyclic) bond motifs is 1. The van der Waals surface area contributed by atoms with E-state index in [1.807, 2.05) is 11.3 Å². The van der Waals surface area contributed by atoms with Gasteiger partial charge in [-0.15, -0.1) is 11.3 Å². The lowest BCUT2D eigenvalue weighted by Gasteiger charge is -2.18. The van der Waals surface area contributed by atoms with Crippen molar-refractivity contribution in [2.24, 2.45) is 0 Å². The number of unbranched alkanes of at least 4 members (excludes halogenated alkanes) is 2. The smallest absolute Gasteiger partial charge is 0.0552 e. The van der Waals surface area contributed by atoms with Gasteiger partial charge in [0.2, 0.25) is 0 Å². The monoisotopic (exact) mass is 233 g/mol. The molecule has 0 spiro atoms. The molecule has 0 N–H and O–H groups in total. The van der Waals surface area contributed by atoms with Crippen LogP contribution in [-0.4, -0.2) is 13.6 Å². The maximum Gasteiger partial charge on any atom is 0.0552 e. The second kappa shape index (κ2) is 5.35. The fourth-order valence-corrected chi connectivity index (χ4v) is 2.98. The van der Waals surface area contributed by atoms with Crippen LogP contribution in [0.2, 0.25) is 0 Å². The first kappa shape index (κ1) is 11.5. The summed E-state index contributed by atoms with van der Waals surface area (Å²) in [6.45, 7) is 3.41. The Labute approximate surface area is 102 Å². The molecule has 0 bridgehead atoms. The molecule has 0 fully saturated rings. The van der Waals surface area contributed by atoms with E-state index in [2.05, 4.69) is 48.5 Å². The van der Waals surface area contributed by atoms with Crippen LogP contribution < -0.4 is 4.90 Å². The molecule has 2 heteroatoms. The van der Waals surface area contributed by atoms with Gasteiger partial charge >= 0.3 is 0 Å². The highest BCUT2D eigenvalue weighted by Gasteiger charge is 2.07. The first-order chi connectivity index (χ1) is 7.83. The summed E-state index contributed by atoms with van der Waals surface area (Å²) >= 11 is 1.84. The zero-order valence-electron chi connectivity index (χ0n) is 10.1. The van der Waals surface area contributed by atoms with Crippen molar-refractivity contribution in [1.29, 1.82) is 0 Å². The van der Waals surface area contributed by atoms with Crippen molar-refractivity contribution in [3.8, 4) is 0 Å². The lowest BCUT2D eigenvalue weighted by atomic mass is 10.2. The van der Waals surface area contributed by atoms with E-state index in [1.165, 1.54) is 35.0 Å². The molecule has 2 aromatic rings. The highest BCUT2D eigenvalue weighted by Crippen LogP contribution is 2.32. The Bertz CT molecular complexity index is 447. The maximum absolute atomic E-state index is 2.38. The average Bonchev–Trinajstić information content (AvgIpc) is 2.73. The van der Waals surface area contributed by atoms with Crippen molar-refractivity contribution in [2.75, 3.05) is 18.5 Å². The molecule has 0 atom stereocenters. The third kappa shape index (κ3) is 2.38. The molecule has 1 nitrogen and oxygen atoms in total. The summed E-state index contributed by atoms with van der Waals surface area (Å²) in [6, 6.07) is 8.65. The van der Waals surface area contributed by atoms with E-state index in [9.17, 15) is 0 Å². The van der Waals surface area contributed by atoms with E-state index >= 15 is 0 Å². The van der Waals surface area contributed by atoms with Gasteiger partial charge in [0.1, 0.15) is 0 Å². The van der Waals surface area contributed by atoms with Crippen LogP contribution in [0.4, 0.5) is 5.69 Å². The normalized spacial score (nSPS) is 10.9. The molecular weight excluding hydrogens is 214 g/mol. The van der Waals surface area contributed by atoms with Gasteiger partial charge in [0.05, 0.1) is 5.69 Å². The number of thiophene rings is 1. The van der Waals surface area contributed by atoms with E-state index in [4.69, 9.17) is 0 Å². The molecule has 0 radical (unpaired) electrons. The predicted molar refractivity (Wildman–Crippen MR) is 74.6 cm³/mol. The molecule has 1 aromatic carbocycles. The largest absolute Gasteiger partial charge is 0.373 e. The first-order valence-corrected chi connectivity index (χ1v) is 6.88. The van der Waals surface area contributed by atoms with Crippen molar-refractivity contribution in [2.45, 2.75) is 26.2 Å². The topological polar surface area (TPSA) is 3.24 Å². The second-order valence-electron chi connectivity index (χ2n) is 4.25. The quantitative estimate of drug-likeness (QED) is 0.686. The van der Waals surface area contributed by atoms with Crippen molar-refractivity contribution in [3.05, 3.63) is 29.6 Å². The molecule has 16 heavy (non-hydrogen) atoms. The lowest BCUT2D eigenvalue weighted by molar-refractivity contribution is 0.706. The fraction of sp³-hybridized carbons (Fsp3) is 0.429. The molecule has 86 valence electrons. The average molecular weight is 233 g/mol. The van der Waals surface area contributed by atoms with Gasteiger partial charge in [-0.25, -0.2) is 0 Å². The number of benzene rings is 1. The molecule has 0 amide bonds. The van der Waals surface area contributed by atoms with Gasteiger partial charge in [-0.2, -0.15) is 0 Å². The molecule has 0 aliphatic heterocycles. The Hall–Kier alpha value is -1.02. The highest BCUT2D eigenvalue weighted by molar-refractivity contribution is 7.17. The molecule has 0 unspecified atom stereocenters. The van der Waals surface area contributed by atoms with Crippen molar-refractivity contribution in [1.82, 2.24) is 0 Å². The Balaban J connectivity index is 2.13. The Morgan fingerprint density at radius 2 is 2.00 bits per heavy atom. The zero-order chi connectivity index (χ0) is 11.4. The summed E-state index contributed by atoms with van der Waals surface area (Å²) in [5.41, 5.74) is 1.39. The summed E-state index contributed by atoms with van der Waals surface area (Å²) in [6.07, 6.45) is 3.90. The number of hydrogen-bond acceptors (Lipinski definition) is 2. The van der Waals surface area contributed by atoms with Crippen LogP contribution in [0.1, 0.15) is 26.2 Å². The van der Waals surface area contributed by atoms with Gasteiger partial charge in [0, 0.05) is 29.1 Å². The summed E-state index contributed by atoms with van der Waals surface area (Å²) in [5, 5.41) is 3.67. The number of hydrogen-bond donors (Lipinski definition) is 0. The minimum absolute atomic E-state index is 1.16. The van der Waals surface area contributed by atoms with Gasteiger partial charge in [0.15, 0.2) is 0 Å². The van der Waals surface area contributed by atoms with Crippen molar-refractivity contribution < 1.29 is 0 Å². The summed E-state index contributed by atoms with van der Waals surface area (Å²) in [4.78, 5) is 2.38. The van der Waals surface area contributed by atoms with Gasteiger partial charge in [-0.05, 0) is 12.5 Å². The van der Waals surface area contributed by atoms with E-state index in [1.54, 1.807) is 0 Å². The van der Waals surface area contributed by atoms with Gasteiger partial charge in [-0.1, -0.05) is 38.0 Å². The van der Waals surface area contributed by atoms with Gasteiger partial charge in [-0.3, -0.25) is 0 Å². The number of rotatable bonds is 5. The predicted octanol–water partition coefficient (Wildman–Crippen LogP) is 4.53. The first-order valence-electron chi connectivity index (χ1n) is 6.00. The molecule has 2 rings (SSSR count).